The van der Waals surface area contributed by atoms with Gasteiger partial charge in [0.25, 0.3) is 0 Å². The molecule has 0 saturated heterocycles. The summed E-state index contributed by atoms with van der Waals surface area (Å²) < 4.78 is 23.9. The smallest absolute Gasteiger partial charge is 0.199 e. The first-order valence-electron chi connectivity index (χ1n) is 4.41. The summed E-state index contributed by atoms with van der Waals surface area (Å²) >= 11 is 0. The maximum atomic E-state index is 11.9. The lowest BCUT2D eigenvalue weighted by Gasteiger charge is -2.11. The average molecular weight is 209 g/mol. The van der Waals surface area contributed by atoms with Crippen molar-refractivity contribution >= 4 is 9.84 Å². The molecule has 0 fully saturated rings. The number of nitrogens with one attached hydrogen (secondary N) is 1. The molecule has 0 spiro atoms. The molecule has 1 atom stereocenters. The number of hydrogen-bond acceptors (Lipinski definition) is 3. The van der Waals surface area contributed by atoms with E-state index in [2.05, 4.69) is 5.32 Å². The average Bonchev–Trinajstić information content (AvgIpc) is 2.72. The van der Waals surface area contributed by atoms with E-state index in [1.807, 2.05) is 6.08 Å². The Morgan fingerprint density at radius 3 is 2.50 bits per heavy atom. The number of rotatable bonds is 2. The minimum atomic E-state index is -3.21. The van der Waals surface area contributed by atoms with Crippen molar-refractivity contribution in [2.24, 2.45) is 0 Å². The van der Waals surface area contributed by atoms with Crippen LogP contribution in [0.15, 0.2) is 47.5 Å². The van der Waals surface area contributed by atoms with E-state index >= 15 is 0 Å². The van der Waals surface area contributed by atoms with Crippen LogP contribution in [0.5, 0.6) is 0 Å². The lowest BCUT2D eigenvalue weighted by atomic mass is 10.4. The molecule has 1 N–H and O–H groups in total. The van der Waals surface area contributed by atoms with E-state index < -0.39 is 15.2 Å². The Morgan fingerprint density at radius 1 is 1.21 bits per heavy atom. The van der Waals surface area contributed by atoms with Crippen LogP contribution in [0.1, 0.15) is 6.42 Å². The van der Waals surface area contributed by atoms with E-state index in [9.17, 15) is 8.42 Å². The van der Waals surface area contributed by atoms with Crippen molar-refractivity contribution in [3.05, 3.63) is 42.6 Å². The first kappa shape index (κ1) is 9.27. The van der Waals surface area contributed by atoms with E-state index in [0.29, 0.717) is 11.3 Å². The summed E-state index contributed by atoms with van der Waals surface area (Å²) in [5, 5.41) is 2.33. The Bertz CT molecular complexity index is 428. The highest BCUT2D eigenvalue weighted by Gasteiger charge is 2.27. The third-order valence-electron chi connectivity index (χ3n) is 2.20. The Kier molecular flexibility index (Phi) is 2.29. The highest BCUT2D eigenvalue weighted by atomic mass is 32.2. The van der Waals surface area contributed by atoms with Crippen LogP contribution >= 0.6 is 0 Å². The van der Waals surface area contributed by atoms with E-state index in [1.54, 1.807) is 36.5 Å². The summed E-state index contributed by atoms with van der Waals surface area (Å²) in [6.45, 7) is 0. The minimum absolute atomic E-state index is 0.376. The monoisotopic (exact) mass is 209 g/mol. The molecule has 0 radical (unpaired) electrons. The largest absolute Gasteiger partial charge is 0.375 e. The molecule has 1 aromatic carbocycles. The van der Waals surface area contributed by atoms with Crippen LogP contribution in [-0.2, 0) is 9.84 Å². The molecule has 1 aromatic rings. The quantitative estimate of drug-likeness (QED) is 0.798. The zero-order valence-electron chi connectivity index (χ0n) is 7.55. The van der Waals surface area contributed by atoms with Crippen LogP contribution in [0.3, 0.4) is 0 Å². The molecule has 1 aliphatic heterocycles. The molecule has 74 valence electrons. The summed E-state index contributed by atoms with van der Waals surface area (Å²) in [7, 11) is -3.21. The fourth-order valence-electron chi connectivity index (χ4n) is 1.43. The van der Waals surface area contributed by atoms with Crippen LogP contribution in [0.25, 0.3) is 0 Å². The summed E-state index contributed by atoms with van der Waals surface area (Å²) in [6, 6.07) is 8.51. The molecule has 1 aliphatic rings. The standard InChI is InChI=1S/C10H11NO2S/c12-14(13,10-7-4-8-11-10)9-5-2-1-3-6-9/h1-6,8,10-11H,7H2. The van der Waals surface area contributed by atoms with Gasteiger partial charge < -0.3 is 5.32 Å². The Hall–Kier alpha value is -1.29. The van der Waals surface area contributed by atoms with Crippen molar-refractivity contribution in [3.8, 4) is 0 Å². The molecule has 1 heterocycles. The van der Waals surface area contributed by atoms with Gasteiger partial charge in [-0.15, -0.1) is 0 Å². The van der Waals surface area contributed by atoms with Crippen molar-refractivity contribution in [3.63, 3.8) is 0 Å². The molecule has 2 rings (SSSR count). The normalized spacial score (nSPS) is 20.7. The first-order valence-corrected chi connectivity index (χ1v) is 5.96. The van der Waals surface area contributed by atoms with E-state index in [1.165, 1.54) is 0 Å². The number of benzene rings is 1. The Labute approximate surface area is 83.4 Å². The predicted octanol–water partition coefficient (Wildman–Crippen LogP) is 1.29. The van der Waals surface area contributed by atoms with Gasteiger partial charge >= 0.3 is 0 Å². The molecule has 0 amide bonds. The predicted molar refractivity (Wildman–Crippen MR) is 54.3 cm³/mol. The zero-order valence-corrected chi connectivity index (χ0v) is 8.37. The van der Waals surface area contributed by atoms with Crippen LogP contribution in [-0.4, -0.2) is 13.8 Å². The molecule has 1 unspecified atom stereocenters. The third-order valence-corrected chi connectivity index (χ3v) is 4.20. The minimum Gasteiger partial charge on any atom is -0.375 e. The highest BCUT2D eigenvalue weighted by Crippen LogP contribution is 2.18. The van der Waals surface area contributed by atoms with Gasteiger partial charge in [0.05, 0.1) is 4.90 Å². The lowest BCUT2D eigenvalue weighted by Crippen LogP contribution is -2.29. The second kappa shape index (κ2) is 3.46. The maximum Gasteiger partial charge on any atom is 0.199 e. The van der Waals surface area contributed by atoms with E-state index in [-0.39, 0.29) is 0 Å². The molecule has 0 bridgehead atoms. The molecular weight excluding hydrogens is 198 g/mol. The fourth-order valence-corrected chi connectivity index (χ4v) is 2.91. The van der Waals surface area contributed by atoms with E-state index in [0.717, 1.165) is 0 Å². The van der Waals surface area contributed by atoms with Gasteiger partial charge in [-0.2, -0.15) is 0 Å². The van der Waals surface area contributed by atoms with Gasteiger partial charge in [-0.25, -0.2) is 8.42 Å². The fraction of sp³-hybridized carbons (Fsp3) is 0.200. The Balaban J connectivity index is 2.34. The maximum absolute atomic E-state index is 11.9. The van der Waals surface area contributed by atoms with Crippen molar-refractivity contribution in [2.75, 3.05) is 0 Å². The first-order chi connectivity index (χ1) is 6.71. The molecule has 0 saturated carbocycles. The van der Waals surface area contributed by atoms with Crippen LogP contribution in [0.2, 0.25) is 0 Å². The van der Waals surface area contributed by atoms with Gasteiger partial charge in [0.1, 0.15) is 5.37 Å². The van der Waals surface area contributed by atoms with Crippen LogP contribution < -0.4 is 5.32 Å². The van der Waals surface area contributed by atoms with Gasteiger partial charge in [0, 0.05) is 6.42 Å². The molecular formula is C10H11NO2S. The van der Waals surface area contributed by atoms with E-state index in [4.69, 9.17) is 0 Å². The van der Waals surface area contributed by atoms with Crippen molar-refractivity contribution < 1.29 is 8.42 Å². The topological polar surface area (TPSA) is 46.2 Å². The summed E-state index contributed by atoms with van der Waals surface area (Å²) in [5.41, 5.74) is 0. The molecule has 3 nitrogen and oxygen atoms in total. The third kappa shape index (κ3) is 1.53. The van der Waals surface area contributed by atoms with Crippen LogP contribution in [0, 0.1) is 0 Å². The number of hydrogen-bond donors (Lipinski definition) is 1. The second-order valence-corrected chi connectivity index (χ2v) is 5.28. The van der Waals surface area contributed by atoms with Crippen LogP contribution in [0.4, 0.5) is 0 Å². The second-order valence-electron chi connectivity index (χ2n) is 3.15. The molecule has 0 aromatic heterocycles. The van der Waals surface area contributed by atoms with Crippen molar-refractivity contribution in [1.82, 2.24) is 5.32 Å². The summed E-state index contributed by atoms with van der Waals surface area (Å²) in [4.78, 5) is 0.376. The van der Waals surface area contributed by atoms with Gasteiger partial charge in [0.15, 0.2) is 9.84 Å². The molecule has 0 aliphatic carbocycles. The summed E-state index contributed by atoms with van der Waals surface area (Å²) in [5.74, 6) is 0. The lowest BCUT2D eigenvalue weighted by molar-refractivity contribution is 0.574. The molecule has 4 heteroatoms. The number of sulfone groups is 1. The van der Waals surface area contributed by atoms with Gasteiger partial charge in [-0.3, -0.25) is 0 Å². The van der Waals surface area contributed by atoms with Gasteiger partial charge in [-0.05, 0) is 18.3 Å². The van der Waals surface area contributed by atoms with Gasteiger partial charge in [-0.1, -0.05) is 24.3 Å². The molecule has 14 heavy (non-hydrogen) atoms. The SMILES string of the molecule is O=S(=O)(c1ccccc1)C1CC=CN1. The van der Waals surface area contributed by atoms with Gasteiger partial charge in [0.2, 0.25) is 0 Å². The Morgan fingerprint density at radius 2 is 1.93 bits per heavy atom. The van der Waals surface area contributed by atoms with Crippen molar-refractivity contribution in [1.29, 1.82) is 0 Å². The van der Waals surface area contributed by atoms with Crippen molar-refractivity contribution in [2.45, 2.75) is 16.7 Å². The zero-order chi connectivity index (χ0) is 10.0. The highest BCUT2D eigenvalue weighted by molar-refractivity contribution is 7.92. The summed E-state index contributed by atoms with van der Waals surface area (Å²) in [6.07, 6.45) is 4.05.